The Balaban J connectivity index is 1.81. The molecule has 0 spiro atoms. The molecule has 3 rings (SSSR count). The minimum Gasteiger partial charge on any atom is -0.378 e. The van der Waals surface area contributed by atoms with Crippen molar-refractivity contribution in [2.45, 2.75) is 43.2 Å². The second kappa shape index (κ2) is 5.99. The average molecular weight is 328 g/mol. The SMILES string of the molecule is O=S(=O)(Cl)c1cn(CCCC2CCCO2)c2ccccc12. The maximum atomic E-state index is 11.7. The molecule has 1 saturated heterocycles. The van der Waals surface area contributed by atoms with Gasteiger partial charge in [-0.1, -0.05) is 18.2 Å². The van der Waals surface area contributed by atoms with Crippen molar-refractivity contribution in [1.29, 1.82) is 0 Å². The number of ether oxygens (including phenoxy) is 1. The van der Waals surface area contributed by atoms with Gasteiger partial charge >= 0.3 is 0 Å². The molecule has 114 valence electrons. The topological polar surface area (TPSA) is 48.3 Å². The van der Waals surface area contributed by atoms with E-state index in [1.54, 1.807) is 12.3 Å². The Bertz CT molecular complexity index is 732. The van der Waals surface area contributed by atoms with E-state index in [0.29, 0.717) is 11.5 Å². The second-order valence-electron chi connectivity index (χ2n) is 5.42. The normalized spacial score (nSPS) is 19.4. The van der Waals surface area contributed by atoms with Gasteiger partial charge in [0.05, 0.1) is 6.10 Å². The van der Waals surface area contributed by atoms with Crippen LogP contribution in [0.1, 0.15) is 25.7 Å². The first-order valence-corrected chi connectivity index (χ1v) is 9.51. The van der Waals surface area contributed by atoms with Crippen molar-refractivity contribution in [1.82, 2.24) is 4.57 Å². The third-order valence-corrected chi connectivity index (χ3v) is 5.31. The van der Waals surface area contributed by atoms with Crippen molar-refractivity contribution in [3.63, 3.8) is 0 Å². The van der Waals surface area contributed by atoms with Crippen LogP contribution in [0.5, 0.6) is 0 Å². The van der Waals surface area contributed by atoms with E-state index < -0.39 is 9.05 Å². The molecule has 0 N–H and O–H groups in total. The second-order valence-corrected chi connectivity index (χ2v) is 7.95. The molecule has 6 heteroatoms. The van der Waals surface area contributed by atoms with Crippen LogP contribution < -0.4 is 0 Å². The zero-order valence-electron chi connectivity index (χ0n) is 11.7. The van der Waals surface area contributed by atoms with Gasteiger partial charge in [-0.3, -0.25) is 0 Å². The summed E-state index contributed by atoms with van der Waals surface area (Å²) in [5.74, 6) is 0. The number of aromatic nitrogens is 1. The van der Waals surface area contributed by atoms with E-state index in [0.717, 1.165) is 44.4 Å². The molecular weight excluding hydrogens is 310 g/mol. The van der Waals surface area contributed by atoms with Crippen molar-refractivity contribution in [2.24, 2.45) is 0 Å². The van der Waals surface area contributed by atoms with E-state index in [1.165, 1.54) is 0 Å². The molecule has 1 unspecified atom stereocenters. The summed E-state index contributed by atoms with van der Waals surface area (Å²) >= 11 is 0. The van der Waals surface area contributed by atoms with E-state index in [-0.39, 0.29) is 4.90 Å². The van der Waals surface area contributed by atoms with Crippen molar-refractivity contribution in [3.05, 3.63) is 30.5 Å². The summed E-state index contributed by atoms with van der Waals surface area (Å²) in [5, 5.41) is 0.685. The highest BCUT2D eigenvalue weighted by atomic mass is 35.7. The van der Waals surface area contributed by atoms with Gasteiger partial charge in [-0.05, 0) is 31.7 Å². The largest absolute Gasteiger partial charge is 0.378 e. The number of nitrogens with zero attached hydrogens (tertiary/aromatic N) is 1. The summed E-state index contributed by atoms with van der Waals surface area (Å²) < 4.78 is 30.9. The highest BCUT2D eigenvalue weighted by Gasteiger charge is 2.19. The Kier molecular flexibility index (Phi) is 4.24. The lowest BCUT2D eigenvalue weighted by Gasteiger charge is -2.10. The number of aryl methyl sites for hydroxylation is 1. The Labute approximate surface area is 129 Å². The minimum atomic E-state index is -3.72. The highest BCUT2D eigenvalue weighted by Crippen LogP contribution is 2.28. The molecule has 2 aromatic rings. The number of fused-ring (bicyclic) bond motifs is 1. The number of benzene rings is 1. The van der Waals surface area contributed by atoms with Gasteiger partial charge < -0.3 is 9.30 Å². The molecule has 0 radical (unpaired) electrons. The third kappa shape index (κ3) is 3.25. The fourth-order valence-corrected chi connectivity index (χ4v) is 4.01. The summed E-state index contributed by atoms with van der Waals surface area (Å²) in [6.45, 7) is 1.64. The third-order valence-electron chi connectivity index (χ3n) is 3.96. The zero-order valence-corrected chi connectivity index (χ0v) is 13.2. The van der Waals surface area contributed by atoms with Crippen LogP contribution in [0.4, 0.5) is 0 Å². The smallest absolute Gasteiger partial charge is 0.263 e. The Morgan fingerprint density at radius 2 is 2.14 bits per heavy atom. The van der Waals surface area contributed by atoms with Gasteiger partial charge in [0.25, 0.3) is 9.05 Å². The summed E-state index contributed by atoms with van der Waals surface area (Å²) in [6, 6.07) is 7.45. The number of hydrogen-bond acceptors (Lipinski definition) is 3. The van der Waals surface area contributed by atoms with Crippen molar-refractivity contribution < 1.29 is 13.2 Å². The summed E-state index contributed by atoms with van der Waals surface area (Å²) in [6.07, 6.45) is 6.26. The number of hydrogen-bond donors (Lipinski definition) is 0. The fraction of sp³-hybridized carbons (Fsp3) is 0.467. The molecule has 1 atom stereocenters. The van der Waals surface area contributed by atoms with Crippen LogP contribution in [-0.2, 0) is 20.3 Å². The van der Waals surface area contributed by atoms with Crippen LogP contribution in [0.2, 0.25) is 0 Å². The summed E-state index contributed by atoms with van der Waals surface area (Å²) in [5.41, 5.74) is 0.907. The molecule has 0 amide bonds. The van der Waals surface area contributed by atoms with Gasteiger partial charge in [-0.15, -0.1) is 0 Å². The number of para-hydroxylation sites is 1. The molecular formula is C15H18ClNO3S. The maximum absolute atomic E-state index is 11.7. The van der Waals surface area contributed by atoms with E-state index in [4.69, 9.17) is 15.4 Å². The molecule has 0 bridgehead atoms. The lowest BCUT2D eigenvalue weighted by Crippen LogP contribution is -2.06. The molecule has 1 fully saturated rings. The van der Waals surface area contributed by atoms with Gasteiger partial charge in [-0.25, -0.2) is 8.42 Å². The molecule has 1 aliphatic rings. The molecule has 0 aliphatic carbocycles. The lowest BCUT2D eigenvalue weighted by atomic mass is 10.1. The van der Waals surface area contributed by atoms with Crippen molar-refractivity contribution in [2.75, 3.05) is 6.61 Å². The zero-order chi connectivity index (χ0) is 14.9. The van der Waals surface area contributed by atoms with E-state index in [1.807, 2.05) is 22.8 Å². The van der Waals surface area contributed by atoms with Crippen molar-refractivity contribution >= 4 is 30.6 Å². The first-order chi connectivity index (χ1) is 10.1. The monoisotopic (exact) mass is 327 g/mol. The molecule has 21 heavy (non-hydrogen) atoms. The predicted molar refractivity (Wildman–Crippen MR) is 83.2 cm³/mol. The first kappa shape index (κ1) is 14.9. The number of halogens is 1. The molecule has 1 aliphatic heterocycles. The van der Waals surface area contributed by atoms with Crippen LogP contribution in [0.15, 0.2) is 35.4 Å². The van der Waals surface area contributed by atoms with Gasteiger partial charge in [-0.2, -0.15) is 0 Å². The van der Waals surface area contributed by atoms with Crippen LogP contribution in [-0.4, -0.2) is 25.7 Å². The molecule has 0 saturated carbocycles. The number of rotatable bonds is 5. The summed E-state index contributed by atoms with van der Waals surface area (Å²) in [4.78, 5) is 0.192. The van der Waals surface area contributed by atoms with Gasteiger partial charge in [0.2, 0.25) is 0 Å². The van der Waals surface area contributed by atoms with E-state index >= 15 is 0 Å². The van der Waals surface area contributed by atoms with Crippen molar-refractivity contribution in [3.8, 4) is 0 Å². The van der Waals surface area contributed by atoms with E-state index in [2.05, 4.69) is 0 Å². The van der Waals surface area contributed by atoms with E-state index in [9.17, 15) is 8.42 Å². The van der Waals surface area contributed by atoms with Gasteiger partial charge in [0, 0.05) is 40.9 Å². The first-order valence-electron chi connectivity index (χ1n) is 7.20. The molecule has 1 aromatic carbocycles. The average Bonchev–Trinajstić information content (AvgIpc) is 3.06. The Morgan fingerprint density at radius 1 is 1.33 bits per heavy atom. The maximum Gasteiger partial charge on any atom is 0.263 e. The van der Waals surface area contributed by atoms with Crippen LogP contribution in [0.3, 0.4) is 0 Å². The van der Waals surface area contributed by atoms with Crippen LogP contribution in [0.25, 0.3) is 10.9 Å². The molecule has 4 nitrogen and oxygen atoms in total. The molecule has 1 aromatic heterocycles. The fourth-order valence-electron chi connectivity index (χ4n) is 2.95. The quantitative estimate of drug-likeness (QED) is 0.789. The Hall–Kier alpha value is -1.04. The van der Waals surface area contributed by atoms with Crippen LogP contribution >= 0.6 is 10.7 Å². The van der Waals surface area contributed by atoms with Crippen LogP contribution in [0, 0.1) is 0 Å². The Morgan fingerprint density at radius 3 is 2.86 bits per heavy atom. The van der Waals surface area contributed by atoms with Gasteiger partial charge in [0.15, 0.2) is 0 Å². The highest BCUT2D eigenvalue weighted by molar-refractivity contribution is 8.14. The predicted octanol–water partition coefficient (Wildman–Crippen LogP) is 3.53. The summed E-state index contributed by atoms with van der Waals surface area (Å²) in [7, 11) is 1.80. The minimum absolute atomic E-state index is 0.192. The molecule has 2 heterocycles. The standard InChI is InChI=1S/C15H18ClNO3S/c16-21(18,19)15-11-17(14-8-2-1-7-13(14)15)9-3-5-12-6-4-10-20-12/h1-2,7-8,11-12H,3-6,9-10H2. The van der Waals surface area contributed by atoms with Gasteiger partial charge in [0.1, 0.15) is 4.90 Å². The lowest BCUT2D eigenvalue weighted by molar-refractivity contribution is 0.101.